The van der Waals surface area contributed by atoms with Crippen molar-refractivity contribution in [2.75, 3.05) is 32.2 Å². The van der Waals surface area contributed by atoms with Crippen LogP contribution >= 0.6 is 11.3 Å². The van der Waals surface area contributed by atoms with E-state index < -0.39 is 5.41 Å². The summed E-state index contributed by atoms with van der Waals surface area (Å²) in [4.78, 5) is 29.2. The molecule has 3 aromatic rings. The van der Waals surface area contributed by atoms with E-state index in [-0.39, 0.29) is 11.8 Å². The zero-order valence-electron chi connectivity index (χ0n) is 19.2. The van der Waals surface area contributed by atoms with E-state index in [1.165, 1.54) is 16.9 Å². The monoisotopic (exact) mass is 476 g/mol. The zero-order valence-corrected chi connectivity index (χ0v) is 20.0. The average Bonchev–Trinajstić information content (AvgIpc) is 3.43. The number of fused-ring (bicyclic) bond motifs is 1. The number of rotatable bonds is 5. The van der Waals surface area contributed by atoms with Gasteiger partial charge >= 0.3 is 0 Å². The van der Waals surface area contributed by atoms with Crippen LogP contribution in [0, 0.1) is 0 Å². The second kappa shape index (κ2) is 9.60. The number of hydrogen-bond donors (Lipinski definition) is 1. The van der Waals surface area contributed by atoms with Crippen LogP contribution in [0.25, 0.3) is 0 Å². The lowest BCUT2D eigenvalue weighted by atomic mass is 9.73. The van der Waals surface area contributed by atoms with Crippen LogP contribution in [0.1, 0.15) is 39.2 Å². The van der Waals surface area contributed by atoms with Gasteiger partial charge in [0.15, 0.2) is 0 Å². The Kier molecular flexibility index (Phi) is 6.39. The number of amides is 2. The summed E-state index contributed by atoms with van der Waals surface area (Å²) in [6.07, 6.45) is 2.06. The normalized spacial score (nSPS) is 17.0. The minimum atomic E-state index is -0.651. The van der Waals surface area contributed by atoms with Gasteiger partial charge in [0.25, 0.3) is 5.91 Å². The van der Waals surface area contributed by atoms with Gasteiger partial charge in [0, 0.05) is 32.0 Å². The molecule has 2 amide bonds. The van der Waals surface area contributed by atoms with Crippen molar-refractivity contribution in [2.24, 2.45) is 0 Å². The Morgan fingerprint density at radius 2 is 1.85 bits per heavy atom. The summed E-state index contributed by atoms with van der Waals surface area (Å²) in [6.45, 7) is 2.34. The first-order chi connectivity index (χ1) is 16.6. The number of methoxy groups -OCH3 is 1. The predicted molar refractivity (Wildman–Crippen MR) is 133 cm³/mol. The Morgan fingerprint density at radius 3 is 2.56 bits per heavy atom. The standard InChI is InChI=1S/C27H28N2O4S/c1-32-23-8-5-21(6-9-23)27(11-14-33-15-12-27)26(31)28-22-7-4-19-10-13-29(18-20(19)17-22)25(30)24-3-2-16-34-24/h2-9,16-17H,10-15,18H2,1H3,(H,28,31). The number of ether oxygens (including phenoxy) is 2. The first kappa shape index (κ1) is 22.6. The van der Waals surface area contributed by atoms with E-state index in [0.29, 0.717) is 39.1 Å². The van der Waals surface area contributed by atoms with Gasteiger partial charge in [-0.15, -0.1) is 11.3 Å². The molecule has 7 heteroatoms. The van der Waals surface area contributed by atoms with Gasteiger partial charge in [-0.25, -0.2) is 0 Å². The van der Waals surface area contributed by atoms with Crippen molar-refractivity contribution >= 4 is 28.8 Å². The minimum absolute atomic E-state index is 0.0248. The van der Waals surface area contributed by atoms with E-state index >= 15 is 0 Å². The summed E-state index contributed by atoms with van der Waals surface area (Å²) in [5, 5.41) is 5.10. The number of nitrogens with one attached hydrogen (secondary N) is 1. The van der Waals surface area contributed by atoms with Gasteiger partial charge in [-0.3, -0.25) is 9.59 Å². The summed E-state index contributed by atoms with van der Waals surface area (Å²) in [7, 11) is 1.64. The van der Waals surface area contributed by atoms with Gasteiger partial charge in [-0.05, 0) is 71.7 Å². The molecule has 1 N–H and O–H groups in total. The van der Waals surface area contributed by atoms with Gasteiger partial charge in [-0.1, -0.05) is 24.3 Å². The molecule has 5 rings (SSSR count). The maximum atomic E-state index is 13.7. The summed E-state index contributed by atoms with van der Waals surface area (Å²) in [6, 6.07) is 17.6. The van der Waals surface area contributed by atoms with Crippen molar-refractivity contribution < 1.29 is 19.1 Å². The molecule has 0 atom stereocenters. The van der Waals surface area contributed by atoms with Crippen LogP contribution in [-0.2, 0) is 27.9 Å². The second-order valence-corrected chi connectivity index (χ2v) is 9.76. The van der Waals surface area contributed by atoms with E-state index in [4.69, 9.17) is 9.47 Å². The Hall–Kier alpha value is -3.16. The first-order valence-electron chi connectivity index (χ1n) is 11.6. The molecule has 0 unspecified atom stereocenters. The fourth-order valence-corrected chi connectivity index (χ4v) is 5.58. The fraction of sp³-hybridized carbons (Fsp3) is 0.333. The van der Waals surface area contributed by atoms with E-state index in [2.05, 4.69) is 11.4 Å². The molecule has 0 bridgehead atoms. The number of nitrogens with zero attached hydrogens (tertiary/aromatic N) is 1. The molecule has 0 saturated carbocycles. The fourth-order valence-electron chi connectivity index (χ4n) is 4.89. The van der Waals surface area contributed by atoms with Crippen molar-refractivity contribution in [3.05, 3.63) is 81.5 Å². The van der Waals surface area contributed by atoms with Gasteiger partial charge in [0.2, 0.25) is 5.91 Å². The van der Waals surface area contributed by atoms with Crippen LogP contribution in [0.5, 0.6) is 5.75 Å². The van der Waals surface area contributed by atoms with Crippen LogP contribution in [0.3, 0.4) is 0 Å². The van der Waals surface area contributed by atoms with E-state index in [1.807, 2.05) is 58.8 Å². The number of hydrogen-bond acceptors (Lipinski definition) is 5. The number of carbonyl (C=O) groups is 2. The van der Waals surface area contributed by atoms with Crippen molar-refractivity contribution in [2.45, 2.75) is 31.2 Å². The highest BCUT2D eigenvalue weighted by Crippen LogP contribution is 2.37. The Bertz CT molecular complexity index is 1170. The maximum absolute atomic E-state index is 13.7. The smallest absolute Gasteiger partial charge is 0.264 e. The Morgan fingerprint density at radius 1 is 1.06 bits per heavy atom. The molecular formula is C27H28N2O4S. The van der Waals surface area contributed by atoms with Crippen LogP contribution in [0.15, 0.2) is 60.0 Å². The lowest BCUT2D eigenvalue weighted by Crippen LogP contribution is -2.44. The summed E-state index contributed by atoms with van der Waals surface area (Å²) in [5.74, 6) is 0.807. The molecule has 1 fully saturated rings. The predicted octanol–water partition coefficient (Wildman–Crippen LogP) is 4.64. The number of thiophene rings is 1. The van der Waals surface area contributed by atoms with Gasteiger partial charge in [0.05, 0.1) is 17.4 Å². The maximum Gasteiger partial charge on any atom is 0.264 e. The molecule has 0 spiro atoms. The van der Waals surface area contributed by atoms with Crippen LogP contribution in [0.4, 0.5) is 5.69 Å². The molecule has 0 radical (unpaired) electrons. The van der Waals surface area contributed by atoms with Crippen molar-refractivity contribution in [3.8, 4) is 5.75 Å². The summed E-state index contributed by atoms with van der Waals surface area (Å²) in [5.41, 5.74) is 3.39. The van der Waals surface area contributed by atoms with Gasteiger partial charge < -0.3 is 19.7 Å². The molecule has 2 aliphatic heterocycles. The number of benzene rings is 2. The molecule has 3 heterocycles. The van der Waals surface area contributed by atoms with Crippen LogP contribution in [-0.4, -0.2) is 43.6 Å². The van der Waals surface area contributed by atoms with Gasteiger partial charge in [-0.2, -0.15) is 0 Å². The van der Waals surface area contributed by atoms with E-state index in [0.717, 1.165) is 33.9 Å². The molecule has 0 aliphatic carbocycles. The number of carbonyl (C=O) groups excluding carboxylic acids is 2. The first-order valence-corrected chi connectivity index (χ1v) is 12.5. The zero-order chi connectivity index (χ0) is 23.5. The molecule has 34 heavy (non-hydrogen) atoms. The molecule has 2 aliphatic rings. The van der Waals surface area contributed by atoms with Crippen molar-refractivity contribution in [3.63, 3.8) is 0 Å². The highest BCUT2D eigenvalue weighted by molar-refractivity contribution is 7.12. The van der Waals surface area contributed by atoms with Crippen LogP contribution in [0.2, 0.25) is 0 Å². The molecule has 176 valence electrons. The Labute approximate surface area is 203 Å². The minimum Gasteiger partial charge on any atom is -0.497 e. The highest BCUT2D eigenvalue weighted by atomic mass is 32.1. The third-order valence-electron chi connectivity index (χ3n) is 6.92. The van der Waals surface area contributed by atoms with E-state index in [1.54, 1.807) is 7.11 Å². The molecule has 1 aromatic heterocycles. The molecule has 1 saturated heterocycles. The van der Waals surface area contributed by atoms with E-state index in [9.17, 15) is 9.59 Å². The molecule has 2 aromatic carbocycles. The topological polar surface area (TPSA) is 67.9 Å². The lowest BCUT2D eigenvalue weighted by molar-refractivity contribution is -0.125. The van der Waals surface area contributed by atoms with Crippen LogP contribution < -0.4 is 10.1 Å². The lowest BCUT2D eigenvalue weighted by Gasteiger charge is -2.36. The van der Waals surface area contributed by atoms with Gasteiger partial charge in [0.1, 0.15) is 5.75 Å². The van der Waals surface area contributed by atoms with Crippen molar-refractivity contribution in [1.82, 2.24) is 4.90 Å². The second-order valence-electron chi connectivity index (χ2n) is 8.81. The highest BCUT2D eigenvalue weighted by Gasteiger charge is 2.42. The van der Waals surface area contributed by atoms with Crippen molar-refractivity contribution in [1.29, 1.82) is 0 Å². The molecular weight excluding hydrogens is 448 g/mol. The SMILES string of the molecule is COc1ccc(C2(C(=O)Nc3ccc4c(c3)CN(C(=O)c3cccs3)CC4)CCOCC2)cc1. The third kappa shape index (κ3) is 4.33. The summed E-state index contributed by atoms with van der Waals surface area (Å²) >= 11 is 1.47. The largest absolute Gasteiger partial charge is 0.497 e. The summed E-state index contributed by atoms with van der Waals surface area (Å²) < 4.78 is 10.9. The number of anilines is 1. The Balaban J connectivity index is 1.36. The third-order valence-corrected chi connectivity index (χ3v) is 7.78. The molecule has 6 nitrogen and oxygen atoms in total. The average molecular weight is 477 g/mol. The quantitative estimate of drug-likeness (QED) is 0.583.